The number of nitrogens with zero attached hydrogens (tertiary/aromatic N) is 1. The molecule has 0 saturated heterocycles. The molecule has 0 heterocycles. The Morgan fingerprint density at radius 1 is 1.06 bits per heavy atom. The maximum absolute atomic E-state index is 13.7. The van der Waals surface area contributed by atoms with Gasteiger partial charge in [0, 0.05) is 6.54 Å². The number of hydrogen-bond donors (Lipinski definition) is 2. The first-order chi connectivity index (χ1) is 15.7. The molecule has 1 atom stereocenters. The summed E-state index contributed by atoms with van der Waals surface area (Å²) in [5.74, 6) is -0.902. The number of carbonyl (C=O) groups excluding carboxylic acids is 1. The normalized spacial score (nSPS) is 12.8. The molecule has 0 aromatic heterocycles. The predicted molar refractivity (Wildman–Crippen MR) is 123 cm³/mol. The van der Waals surface area contributed by atoms with Crippen LogP contribution in [-0.4, -0.2) is 43.0 Å². The topological polar surface area (TPSA) is 95.9 Å². The predicted octanol–water partition coefficient (Wildman–Crippen LogP) is 3.97. The quantitative estimate of drug-likeness (QED) is 0.342. The van der Waals surface area contributed by atoms with E-state index in [1.807, 2.05) is 38.1 Å². The molecular weight excluding hydrogens is 447 g/mol. The van der Waals surface area contributed by atoms with Crippen LogP contribution in [0.15, 0.2) is 71.6 Å². The fourth-order valence-electron chi connectivity index (χ4n) is 3.57. The number of nitrogens with one attached hydrogen (secondary N) is 1. The van der Waals surface area contributed by atoms with E-state index in [0.29, 0.717) is 5.75 Å². The van der Waals surface area contributed by atoms with Crippen LogP contribution in [0.1, 0.15) is 20.3 Å². The highest BCUT2D eigenvalue weighted by atomic mass is 32.2. The maximum Gasteiger partial charge on any atom is 0.261 e. The summed E-state index contributed by atoms with van der Waals surface area (Å²) in [6.07, 6.45) is 0.190. The molecule has 33 heavy (non-hydrogen) atoms. The molecule has 0 saturated carbocycles. The first-order valence-electron chi connectivity index (χ1n) is 10.6. The minimum atomic E-state index is -4.13. The van der Waals surface area contributed by atoms with Crippen molar-refractivity contribution in [1.29, 1.82) is 0 Å². The van der Waals surface area contributed by atoms with Crippen molar-refractivity contribution >= 4 is 26.7 Å². The summed E-state index contributed by atoms with van der Waals surface area (Å²) in [7, 11) is -4.13. The van der Waals surface area contributed by atoms with E-state index in [0.717, 1.165) is 15.1 Å². The highest BCUT2D eigenvalue weighted by Crippen LogP contribution is 2.25. The van der Waals surface area contributed by atoms with Crippen molar-refractivity contribution in [3.63, 3.8) is 0 Å². The zero-order chi connectivity index (χ0) is 24.0. The highest BCUT2D eigenvalue weighted by Gasteiger charge is 2.36. The molecule has 1 amide bonds. The highest BCUT2D eigenvalue weighted by molar-refractivity contribution is 7.89. The molecule has 3 aromatic rings. The Morgan fingerprint density at radius 3 is 2.36 bits per heavy atom. The first-order valence-corrected chi connectivity index (χ1v) is 12.0. The monoisotopic (exact) mass is 474 g/mol. The number of amides is 1. The first kappa shape index (κ1) is 24.6. The number of fused-ring (bicyclic) bond motifs is 1. The molecule has 0 aliphatic rings. The van der Waals surface area contributed by atoms with Gasteiger partial charge in [-0.15, -0.1) is 0 Å². The van der Waals surface area contributed by atoms with Crippen molar-refractivity contribution in [2.75, 3.05) is 13.2 Å². The lowest BCUT2D eigenvalue weighted by atomic mass is 10.0. The molecule has 0 fully saturated rings. The van der Waals surface area contributed by atoms with Crippen LogP contribution in [0.25, 0.3) is 10.8 Å². The van der Waals surface area contributed by atoms with Crippen molar-refractivity contribution in [1.82, 2.24) is 9.79 Å². The second-order valence-corrected chi connectivity index (χ2v) is 9.94. The van der Waals surface area contributed by atoms with E-state index < -0.39 is 27.8 Å². The Kier molecular flexibility index (Phi) is 8.01. The lowest BCUT2D eigenvalue weighted by molar-refractivity contribution is -0.133. The maximum atomic E-state index is 13.7. The molecule has 0 bridgehead atoms. The van der Waals surface area contributed by atoms with Crippen molar-refractivity contribution in [3.05, 3.63) is 72.5 Å². The molecule has 7 nitrogen and oxygen atoms in total. The summed E-state index contributed by atoms with van der Waals surface area (Å²) >= 11 is 0. The standard InChI is InChI=1S/C24H27FN2O5S/c1-17(2)15-23(24(28)26-29)27(13-14-32-21-10-8-20(25)9-11-21)33(30,31)22-12-7-18-5-3-4-6-19(18)16-22/h3-12,16-17,23,29H,13-15H2,1-2H3,(H,26,28). The van der Waals surface area contributed by atoms with Crippen LogP contribution in [0.5, 0.6) is 5.75 Å². The average molecular weight is 475 g/mol. The molecule has 3 aromatic carbocycles. The van der Waals surface area contributed by atoms with Gasteiger partial charge in [-0.3, -0.25) is 10.0 Å². The largest absolute Gasteiger partial charge is 0.492 e. The summed E-state index contributed by atoms with van der Waals surface area (Å²) in [5.41, 5.74) is 1.59. The van der Waals surface area contributed by atoms with Crippen LogP contribution < -0.4 is 10.2 Å². The van der Waals surface area contributed by atoms with Crippen molar-refractivity contribution in [2.45, 2.75) is 31.2 Å². The van der Waals surface area contributed by atoms with E-state index in [-0.39, 0.29) is 30.4 Å². The number of hydroxylamine groups is 1. The molecule has 0 aliphatic carbocycles. The molecule has 0 aliphatic heterocycles. The van der Waals surface area contributed by atoms with E-state index in [4.69, 9.17) is 4.74 Å². The molecular formula is C24H27FN2O5S. The third kappa shape index (κ3) is 6.07. The van der Waals surface area contributed by atoms with Gasteiger partial charge in [-0.2, -0.15) is 4.31 Å². The molecule has 9 heteroatoms. The number of halogens is 1. The average Bonchev–Trinajstić information content (AvgIpc) is 2.80. The van der Waals surface area contributed by atoms with Gasteiger partial charge in [-0.1, -0.05) is 44.2 Å². The van der Waals surface area contributed by atoms with Crippen molar-refractivity contribution < 1.29 is 27.5 Å². The van der Waals surface area contributed by atoms with Crippen LogP contribution >= 0.6 is 0 Å². The fraction of sp³-hybridized carbons (Fsp3) is 0.292. The summed E-state index contributed by atoms with van der Waals surface area (Å²) in [5, 5.41) is 10.9. The van der Waals surface area contributed by atoms with Crippen molar-refractivity contribution in [2.24, 2.45) is 5.92 Å². The zero-order valence-corrected chi connectivity index (χ0v) is 19.3. The molecule has 0 spiro atoms. The molecule has 0 radical (unpaired) electrons. The Morgan fingerprint density at radius 2 is 1.73 bits per heavy atom. The Hall–Kier alpha value is -3.01. The second-order valence-electron chi connectivity index (χ2n) is 8.05. The number of sulfonamides is 1. The van der Waals surface area contributed by atoms with Gasteiger partial charge in [-0.25, -0.2) is 18.3 Å². The SMILES string of the molecule is CC(C)CC(C(=O)NO)N(CCOc1ccc(F)cc1)S(=O)(=O)c1ccc2ccccc2c1. The van der Waals surface area contributed by atoms with Gasteiger partial charge in [-0.05, 0) is 59.5 Å². The number of benzene rings is 3. The third-order valence-corrected chi connectivity index (χ3v) is 7.08. The summed E-state index contributed by atoms with van der Waals surface area (Å²) < 4.78 is 47.1. The Labute approximate surface area is 192 Å². The fourth-order valence-corrected chi connectivity index (χ4v) is 5.19. The van der Waals surface area contributed by atoms with E-state index in [9.17, 15) is 22.8 Å². The van der Waals surface area contributed by atoms with E-state index in [1.165, 1.54) is 30.3 Å². The van der Waals surface area contributed by atoms with Gasteiger partial charge in [0.1, 0.15) is 24.2 Å². The van der Waals surface area contributed by atoms with Gasteiger partial charge in [0.15, 0.2) is 0 Å². The smallest absolute Gasteiger partial charge is 0.261 e. The number of hydrogen-bond acceptors (Lipinski definition) is 5. The van der Waals surface area contributed by atoms with Crippen LogP contribution in [0, 0.1) is 11.7 Å². The van der Waals surface area contributed by atoms with Crippen molar-refractivity contribution in [3.8, 4) is 5.75 Å². The van der Waals surface area contributed by atoms with Gasteiger partial charge < -0.3 is 4.74 Å². The summed E-state index contributed by atoms with van der Waals surface area (Å²) in [4.78, 5) is 12.5. The molecule has 2 N–H and O–H groups in total. The van der Waals surface area contributed by atoms with Crippen LogP contribution in [-0.2, 0) is 14.8 Å². The van der Waals surface area contributed by atoms with Gasteiger partial charge in [0.25, 0.3) is 5.91 Å². The summed E-state index contributed by atoms with van der Waals surface area (Å²) in [6, 6.07) is 16.3. The zero-order valence-electron chi connectivity index (χ0n) is 18.4. The number of carbonyl (C=O) groups is 1. The summed E-state index contributed by atoms with van der Waals surface area (Å²) in [6.45, 7) is 3.48. The Balaban J connectivity index is 1.95. The van der Waals surface area contributed by atoms with Crippen LogP contribution in [0.3, 0.4) is 0 Å². The molecule has 1 unspecified atom stereocenters. The van der Waals surface area contributed by atoms with Gasteiger partial charge in [0.2, 0.25) is 10.0 Å². The Bertz CT molecular complexity index is 1200. The van der Waals surface area contributed by atoms with E-state index >= 15 is 0 Å². The molecule has 3 rings (SSSR count). The van der Waals surface area contributed by atoms with Gasteiger partial charge in [0.05, 0.1) is 4.90 Å². The number of ether oxygens (including phenoxy) is 1. The van der Waals surface area contributed by atoms with Crippen LogP contribution in [0.4, 0.5) is 4.39 Å². The lowest BCUT2D eigenvalue weighted by Crippen LogP contribution is -2.50. The minimum absolute atomic E-state index is 0.0281. The van der Waals surface area contributed by atoms with Gasteiger partial charge >= 0.3 is 0 Å². The third-order valence-electron chi connectivity index (χ3n) is 5.18. The minimum Gasteiger partial charge on any atom is -0.492 e. The van der Waals surface area contributed by atoms with Crippen LogP contribution in [0.2, 0.25) is 0 Å². The number of rotatable bonds is 10. The van der Waals surface area contributed by atoms with E-state index in [1.54, 1.807) is 17.6 Å². The second kappa shape index (κ2) is 10.7. The van der Waals surface area contributed by atoms with E-state index in [2.05, 4.69) is 0 Å². The molecule has 176 valence electrons. The lowest BCUT2D eigenvalue weighted by Gasteiger charge is -2.30.